The average molecular weight is 257 g/mol. The van der Waals surface area contributed by atoms with Gasteiger partial charge in [-0.1, -0.05) is 45.0 Å². The average Bonchev–Trinajstić information content (AvgIpc) is 2.70. The van der Waals surface area contributed by atoms with Gasteiger partial charge in [0.2, 0.25) is 0 Å². The number of nitrogens with zero attached hydrogens (tertiary/aromatic N) is 2. The summed E-state index contributed by atoms with van der Waals surface area (Å²) < 4.78 is 2.08. The molecule has 2 aromatic rings. The van der Waals surface area contributed by atoms with Gasteiger partial charge in [0.1, 0.15) is 5.82 Å². The van der Waals surface area contributed by atoms with Crippen LogP contribution in [0.2, 0.25) is 0 Å². The second kappa shape index (κ2) is 5.17. The first kappa shape index (κ1) is 13.8. The van der Waals surface area contributed by atoms with Crippen LogP contribution < -0.4 is 5.32 Å². The molecule has 1 aromatic heterocycles. The minimum Gasteiger partial charge on any atom is -0.334 e. The van der Waals surface area contributed by atoms with Crippen LogP contribution in [-0.2, 0) is 19.0 Å². The number of hydrogen-bond donors (Lipinski definition) is 1. The number of rotatable bonds is 3. The lowest BCUT2D eigenvalue weighted by molar-refractivity contribution is 0.590. The molecule has 1 N–H and O–H groups in total. The van der Waals surface area contributed by atoms with Crippen molar-refractivity contribution in [3.05, 3.63) is 41.7 Å². The van der Waals surface area contributed by atoms with Crippen molar-refractivity contribution in [2.75, 3.05) is 7.05 Å². The molecule has 0 amide bonds. The van der Waals surface area contributed by atoms with E-state index in [2.05, 4.69) is 66.1 Å². The predicted octanol–water partition coefficient (Wildman–Crippen LogP) is 3.10. The van der Waals surface area contributed by atoms with E-state index >= 15 is 0 Å². The maximum absolute atomic E-state index is 4.66. The molecule has 0 saturated carbocycles. The Morgan fingerprint density at radius 3 is 2.32 bits per heavy atom. The molecular weight excluding hydrogens is 234 g/mol. The van der Waals surface area contributed by atoms with E-state index in [0.29, 0.717) is 0 Å². The van der Waals surface area contributed by atoms with E-state index in [1.165, 1.54) is 5.56 Å². The lowest BCUT2D eigenvalue weighted by atomic mass is 9.87. The molecule has 0 fully saturated rings. The highest BCUT2D eigenvalue weighted by atomic mass is 15.1. The quantitative estimate of drug-likeness (QED) is 0.915. The molecule has 1 heterocycles. The normalized spacial score (nSPS) is 11.8. The van der Waals surface area contributed by atoms with Crippen LogP contribution in [0, 0.1) is 0 Å². The standard InChI is InChI=1S/C16H23N3/c1-16(2,3)13-8-6-12(7-9-13)15-18-14(10-17-4)11-19(15)5/h6-9,11,17H,10H2,1-5H3. The highest BCUT2D eigenvalue weighted by Gasteiger charge is 2.14. The van der Waals surface area contributed by atoms with Crippen LogP contribution in [0.3, 0.4) is 0 Å². The Balaban J connectivity index is 2.32. The number of aryl methyl sites for hydroxylation is 1. The Hall–Kier alpha value is -1.61. The predicted molar refractivity (Wildman–Crippen MR) is 80.1 cm³/mol. The molecule has 0 aliphatic heterocycles. The Morgan fingerprint density at radius 2 is 1.79 bits per heavy atom. The summed E-state index contributed by atoms with van der Waals surface area (Å²) in [6.07, 6.45) is 2.07. The van der Waals surface area contributed by atoms with Gasteiger partial charge in [0.05, 0.1) is 5.69 Å². The highest BCUT2D eigenvalue weighted by Crippen LogP contribution is 2.25. The van der Waals surface area contributed by atoms with Crippen molar-refractivity contribution in [2.24, 2.45) is 7.05 Å². The highest BCUT2D eigenvalue weighted by molar-refractivity contribution is 5.57. The second-order valence-corrected chi connectivity index (χ2v) is 6.02. The van der Waals surface area contributed by atoms with Crippen LogP contribution in [-0.4, -0.2) is 16.6 Å². The molecule has 0 saturated heterocycles. The van der Waals surface area contributed by atoms with Crippen molar-refractivity contribution in [3.8, 4) is 11.4 Å². The van der Waals surface area contributed by atoms with Gasteiger partial charge in [-0.25, -0.2) is 4.98 Å². The van der Waals surface area contributed by atoms with Crippen LogP contribution in [0.5, 0.6) is 0 Å². The van der Waals surface area contributed by atoms with E-state index in [9.17, 15) is 0 Å². The summed E-state index contributed by atoms with van der Waals surface area (Å²) in [6.45, 7) is 7.49. The first-order valence-electron chi connectivity index (χ1n) is 6.69. The third kappa shape index (κ3) is 3.04. The molecule has 3 heteroatoms. The van der Waals surface area contributed by atoms with Crippen molar-refractivity contribution >= 4 is 0 Å². The summed E-state index contributed by atoms with van der Waals surface area (Å²) in [6, 6.07) is 8.71. The van der Waals surface area contributed by atoms with Crippen LogP contribution in [0.25, 0.3) is 11.4 Å². The second-order valence-electron chi connectivity index (χ2n) is 6.02. The molecule has 0 radical (unpaired) electrons. The van der Waals surface area contributed by atoms with Gasteiger partial charge in [-0.15, -0.1) is 0 Å². The SMILES string of the molecule is CNCc1cn(C)c(-c2ccc(C(C)(C)C)cc2)n1. The molecule has 3 nitrogen and oxygen atoms in total. The zero-order chi connectivity index (χ0) is 14.0. The van der Waals surface area contributed by atoms with Crippen LogP contribution in [0.1, 0.15) is 32.0 Å². The maximum Gasteiger partial charge on any atom is 0.140 e. The summed E-state index contributed by atoms with van der Waals surface area (Å²) in [5.74, 6) is 1.02. The molecule has 0 aliphatic rings. The molecular formula is C16H23N3. The summed E-state index contributed by atoms with van der Waals surface area (Å²) in [5, 5.41) is 3.13. The Bertz CT molecular complexity index is 544. The van der Waals surface area contributed by atoms with Gasteiger partial charge < -0.3 is 9.88 Å². The van der Waals surface area contributed by atoms with Crippen LogP contribution in [0.4, 0.5) is 0 Å². The van der Waals surface area contributed by atoms with Gasteiger partial charge in [-0.2, -0.15) is 0 Å². The molecule has 19 heavy (non-hydrogen) atoms. The first-order chi connectivity index (χ1) is 8.91. The van der Waals surface area contributed by atoms with E-state index in [1.54, 1.807) is 0 Å². The van der Waals surface area contributed by atoms with Crippen molar-refractivity contribution in [1.29, 1.82) is 0 Å². The van der Waals surface area contributed by atoms with E-state index in [1.807, 2.05) is 14.1 Å². The van der Waals surface area contributed by atoms with E-state index < -0.39 is 0 Å². The smallest absolute Gasteiger partial charge is 0.140 e. The van der Waals surface area contributed by atoms with E-state index in [4.69, 9.17) is 0 Å². The van der Waals surface area contributed by atoms with Crippen molar-refractivity contribution in [2.45, 2.75) is 32.7 Å². The lowest BCUT2D eigenvalue weighted by Crippen LogP contribution is -2.10. The Labute approximate surface area is 115 Å². The molecule has 2 rings (SSSR count). The maximum atomic E-state index is 4.66. The summed E-state index contributed by atoms with van der Waals surface area (Å²) in [4.78, 5) is 4.66. The summed E-state index contributed by atoms with van der Waals surface area (Å²) >= 11 is 0. The molecule has 0 atom stereocenters. The van der Waals surface area contributed by atoms with Gasteiger partial charge in [0.25, 0.3) is 0 Å². The number of aromatic nitrogens is 2. The zero-order valence-electron chi connectivity index (χ0n) is 12.5. The Morgan fingerprint density at radius 1 is 1.16 bits per heavy atom. The number of imidazole rings is 1. The summed E-state index contributed by atoms with van der Waals surface area (Å²) in [5.41, 5.74) is 3.77. The molecule has 0 aliphatic carbocycles. The topological polar surface area (TPSA) is 29.9 Å². The van der Waals surface area contributed by atoms with Gasteiger partial charge in [0.15, 0.2) is 0 Å². The minimum atomic E-state index is 0.192. The van der Waals surface area contributed by atoms with Crippen molar-refractivity contribution < 1.29 is 0 Å². The largest absolute Gasteiger partial charge is 0.334 e. The monoisotopic (exact) mass is 257 g/mol. The number of nitrogens with one attached hydrogen (secondary N) is 1. The third-order valence-electron chi connectivity index (χ3n) is 3.29. The van der Waals surface area contributed by atoms with Gasteiger partial charge in [-0.05, 0) is 18.0 Å². The van der Waals surface area contributed by atoms with Gasteiger partial charge in [-0.3, -0.25) is 0 Å². The number of hydrogen-bond acceptors (Lipinski definition) is 2. The summed E-state index contributed by atoms with van der Waals surface area (Å²) in [7, 11) is 3.98. The fourth-order valence-corrected chi connectivity index (χ4v) is 2.18. The first-order valence-corrected chi connectivity index (χ1v) is 6.69. The van der Waals surface area contributed by atoms with E-state index in [0.717, 1.165) is 23.6 Å². The third-order valence-corrected chi connectivity index (χ3v) is 3.29. The fourth-order valence-electron chi connectivity index (χ4n) is 2.18. The fraction of sp³-hybridized carbons (Fsp3) is 0.438. The minimum absolute atomic E-state index is 0.192. The molecule has 0 bridgehead atoms. The molecule has 0 unspecified atom stereocenters. The Kier molecular flexibility index (Phi) is 3.76. The van der Waals surface area contributed by atoms with Crippen molar-refractivity contribution in [1.82, 2.24) is 14.9 Å². The van der Waals surface area contributed by atoms with Gasteiger partial charge >= 0.3 is 0 Å². The number of benzene rings is 1. The van der Waals surface area contributed by atoms with Gasteiger partial charge in [0, 0.05) is 25.4 Å². The van der Waals surface area contributed by atoms with E-state index in [-0.39, 0.29) is 5.41 Å². The molecule has 102 valence electrons. The molecule has 0 spiro atoms. The van der Waals surface area contributed by atoms with Crippen molar-refractivity contribution in [3.63, 3.8) is 0 Å². The van der Waals surface area contributed by atoms with Crippen LogP contribution in [0.15, 0.2) is 30.5 Å². The lowest BCUT2D eigenvalue weighted by Gasteiger charge is -2.19. The zero-order valence-corrected chi connectivity index (χ0v) is 12.5. The molecule has 1 aromatic carbocycles. The van der Waals surface area contributed by atoms with Crippen LogP contribution >= 0.6 is 0 Å².